The zero-order valence-corrected chi connectivity index (χ0v) is 17.6. The lowest BCUT2D eigenvalue weighted by Crippen LogP contribution is -2.71. The normalized spacial score (nSPS) is 32.3. The van der Waals surface area contributed by atoms with E-state index in [9.17, 15) is 37.4 Å². The SMILES string of the molecule is CC(C)C1(C(=O)O)C(C)NC(CF)C(C)(C(=O)O)C1c1cccc(C(F)(F)F)c1Cl. The van der Waals surface area contributed by atoms with E-state index < -0.39 is 70.1 Å². The molecule has 1 saturated heterocycles. The lowest BCUT2D eigenvalue weighted by atomic mass is 9.49. The van der Waals surface area contributed by atoms with E-state index in [0.717, 1.165) is 19.1 Å². The number of hydrogen-bond donors (Lipinski definition) is 3. The molecular weight excluding hydrogens is 430 g/mol. The number of carboxylic acid groups (broad SMARTS) is 2. The molecule has 1 aromatic carbocycles. The molecule has 0 amide bonds. The van der Waals surface area contributed by atoms with Crippen LogP contribution >= 0.6 is 11.6 Å². The van der Waals surface area contributed by atoms with Crippen LogP contribution in [0.1, 0.15) is 44.7 Å². The van der Waals surface area contributed by atoms with Crippen LogP contribution in [-0.4, -0.2) is 40.9 Å². The van der Waals surface area contributed by atoms with E-state index in [1.54, 1.807) is 13.8 Å². The first-order chi connectivity index (χ1) is 13.7. The molecule has 2 rings (SSSR count). The number of hydrogen-bond acceptors (Lipinski definition) is 3. The van der Waals surface area contributed by atoms with Crippen molar-refractivity contribution in [3.63, 3.8) is 0 Å². The summed E-state index contributed by atoms with van der Waals surface area (Å²) in [5.74, 6) is -5.21. The maximum absolute atomic E-state index is 13.9. The van der Waals surface area contributed by atoms with Gasteiger partial charge < -0.3 is 15.5 Å². The number of carbonyl (C=O) groups is 2. The lowest BCUT2D eigenvalue weighted by molar-refractivity contribution is -0.176. The largest absolute Gasteiger partial charge is 0.481 e. The molecule has 1 aromatic rings. The van der Waals surface area contributed by atoms with Crippen molar-refractivity contribution in [2.45, 2.75) is 51.9 Å². The van der Waals surface area contributed by atoms with Crippen LogP contribution in [0.2, 0.25) is 5.02 Å². The second-order valence-electron chi connectivity index (χ2n) is 8.22. The first-order valence-electron chi connectivity index (χ1n) is 9.32. The highest BCUT2D eigenvalue weighted by Crippen LogP contribution is 2.60. The fraction of sp³-hybridized carbons (Fsp3) is 0.600. The summed E-state index contributed by atoms with van der Waals surface area (Å²) >= 11 is 6.11. The summed E-state index contributed by atoms with van der Waals surface area (Å²) < 4.78 is 54.4. The number of alkyl halides is 4. The molecule has 5 nitrogen and oxygen atoms in total. The molecule has 1 heterocycles. The van der Waals surface area contributed by atoms with E-state index in [4.69, 9.17) is 11.6 Å². The van der Waals surface area contributed by atoms with Crippen LogP contribution in [0.25, 0.3) is 0 Å². The zero-order chi connectivity index (χ0) is 23.2. The first kappa shape index (κ1) is 24.4. The van der Waals surface area contributed by atoms with Gasteiger partial charge in [-0.3, -0.25) is 9.59 Å². The number of nitrogens with one attached hydrogen (secondary N) is 1. The fourth-order valence-corrected chi connectivity index (χ4v) is 5.34. The third-order valence-electron chi connectivity index (χ3n) is 6.55. The van der Waals surface area contributed by atoms with Crippen molar-refractivity contribution in [2.24, 2.45) is 16.7 Å². The van der Waals surface area contributed by atoms with Crippen LogP contribution in [0.3, 0.4) is 0 Å². The van der Waals surface area contributed by atoms with Gasteiger partial charge in [0.1, 0.15) is 6.67 Å². The van der Waals surface area contributed by atoms with Gasteiger partial charge in [0, 0.05) is 12.0 Å². The van der Waals surface area contributed by atoms with Gasteiger partial charge in [0.25, 0.3) is 0 Å². The van der Waals surface area contributed by atoms with E-state index in [1.807, 2.05) is 0 Å². The van der Waals surface area contributed by atoms with E-state index in [2.05, 4.69) is 5.32 Å². The highest BCUT2D eigenvalue weighted by molar-refractivity contribution is 6.32. The van der Waals surface area contributed by atoms with Crippen molar-refractivity contribution in [1.82, 2.24) is 5.32 Å². The summed E-state index contributed by atoms with van der Waals surface area (Å²) in [4.78, 5) is 25.0. The second-order valence-corrected chi connectivity index (χ2v) is 8.59. The number of carboxylic acids is 2. The Kier molecular flexibility index (Phi) is 6.50. The quantitative estimate of drug-likeness (QED) is 0.568. The summed E-state index contributed by atoms with van der Waals surface area (Å²) in [5.41, 5.74) is -5.47. The molecule has 0 saturated carbocycles. The van der Waals surface area contributed by atoms with Crippen LogP contribution in [0, 0.1) is 16.7 Å². The van der Waals surface area contributed by atoms with Crippen LogP contribution < -0.4 is 5.32 Å². The second kappa shape index (κ2) is 8.00. The van der Waals surface area contributed by atoms with Gasteiger partial charge in [-0.05, 0) is 31.4 Å². The molecule has 5 unspecified atom stereocenters. The Morgan fingerprint density at radius 2 is 1.80 bits per heavy atom. The molecule has 0 radical (unpaired) electrons. The third-order valence-corrected chi connectivity index (χ3v) is 6.98. The Hall–Kier alpha value is -1.87. The molecule has 30 heavy (non-hydrogen) atoms. The summed E-state index contributed by atoms with van der Waals surface area (Å²) in [6, 6.07) is 0.678. The van der Waals surface area contributed by atoms with E-state index >= 15 is 0 Å². The van der Waals surface area contributed by atoms with Crippen LogP contribution in [0.15, 0.2) is 18.2 Å². The minimum absolute atomic E-state index is 0.278. The van der Waals surface area contributed by atoms with Gasteiger partial charge in [0.05, 0.1) is 27.5 Å². The molecule has 0 aliphatic carbocycles. The Bertz CT molecular complexity index is 847. The van der Waals surface area contributed by atoms with Crippen LogP contribution in [-0.2, 0) is 15.8 Å². The minimum Gasteiger partial charge on any atom is -0.481 e. The number of benzene rings is 1. The number of piperidine rings is 1. The molecule has 10 heteroatoms. The van der Waals surface area contributed by atoms with Gasteiger partial charge in [-0.1, -0.05) is 37.6 Å². The number of rotatable bonds is 5. The van der Waals surface area contributed by atoms with Gasteiger partial charge in [-0.15, -0.1) is 0 Å². The molecular formula is C20H24ClF4NO4. The molecule has 3 N–H and O–H groups in total. The fourth-order valence-electron chi connectivity index (χ4n) is 5.00. The Labute approximate surface area is 176 Å². The molecule has 0 spiro atoms. The molecule has 1 fully saturated rings. The third kappa shape index (κ3) is 3.36. The summed E-state index contributed by atoms with van der Waals surface area (Å²) in [6.07, 6.45) is -4.84. The average Bonchev–Trinajstić information content (AvgIpc) is 2.61. The van der Waals surface area contributed by atoms with Crippen molar-refractivity contribution in [2.75, 3.05) is 6.67 Å². The Morgan fingerprint density at radius 1 is 1.23 bits per heavy atom. The summed E-state index contributed by atoms with van der Waals surface area (Å²) in [5, 5.41) is 22.3. The van der Waals surface area contributed by atoms with E-state index in [-0.39, 0.29) is 5.56 Å². The van der Waals surface area contributed by atoms with Gasteiger partial charge in [0.2, 0.25) is 0 Å². The van der Waals surface area contributed by atoms with Crippen molar-refractivity contribution in [3.05, 3.63) is 34.3 Å². The molecule has 0 bridgehead atoms. The molecule has 0 aromatic heterocycles. The van der Waals surface area contributed by atoms with Crippen LogP contribution in [0.5, 0.6) is 0 Å². The number of aliphatic carboxylic acids is 2. The molecule has 168 valence electrons. The van der Waals surface area contributed by atoms with Crippen molar-refractivity contribution >= 4 is 23.5 Å². The van der Waals surface area contributed by atoms with E-state index in [0.29, 0.717) is 0 Å². The average molecular weight is 454 g/mol. The van der Waals surface area contributed by atoms with Crippen molar-refractivity contribution in [1.29, 1.82) is 0 Å². The highest BCUT2D eigenvalue weighted by Gasteiger charge is 2.67. The molecule has 1 aliphatic rings. The standard InChI is InChI=1S/C20H24ClF4NO4/c1-9(2)19(17(29)30)10(3)26-13(8-22)18(4,16(27)28)15(19)11-6-5-7-12(14(11)21)20(23,24)25/h5-7,9-10,13,15,26H,8H2,1-4H3,(H,27,28)(H,29,30). The molecule has 5 atom stereocenters. The van der Waals surface area contributed by atoms with E-state index in [1.165, 1.54) is 13.0 Å². The maximum atomic E-state index is 13.9. The van der Waals surface area contributed by atoms with Crippen molar-refractivity contribution < 1.29 is 37.4 Å². The predicted molar refractivity (Wildman–Crippen MR) is 102 cm³/mol. The predicted octanol–water partition coefficient (Wildman–Crippen LogP) is 4.59. The summed E-state index contributed by atoms with van der Waals surface area (Å²) in [7, 11) is 0. The maximum Gasteiger partial charge on any atom is 0.417 e. The van der Waals surface area contributed by atoms with Gasteiger partial charge in [-0.25, -0.2) is 4.39 Å². The summed E-state index contributed by atoms with van der Waals surface area (Å²) in [6.45, 7) is 4.54. The van der Waals surface area contributed by atoms with Gasteiger partial charge in [0.15, 0.2) is 0 Å². The van der Waals surface area contributed by atoms with Crippen LogP contribution in [0.4, 0.5) is 17.6 Å². The minimum atomic E-state index is -4.84. The highest BCUT2D eigenvalue weighted by atomic mass is 35.5. The smallest absolute Gasteiger partial charge is 0.417 e. The Balaban J connectivity index is 3.02. The Morgan fingerprint density at radius 3 is 2.20 bits per heavy atom. The topological polar surface area (TPSA) is 86.6 Å². The van der Waals surface area contributed by atoms with Crippen molar-refractivity contribution in [3.8, 4) is 0 Å². The zero-order valence-electron chi connectivity index (χ0n) is 16.8. The molecule has 1 aliphatic heterocycles. The lowest BCUT2D eigenvalue weighted by Gasteiger charge is -2.58. The first-order valence-corrected chi connectivity index (χ1v) is 9.70. The van der Waals surface area contributed by atoms with Gasteiger partial charge in [-0.2, -0.15) is 13.2 Å². The monoisotopic (exact) mass is 453 g/mol. The van der Waals surface area contributed by atoms with Gasteiger partial charge >= 0.3 is 18.1 Å². The number of halogens is 5.